The first kappa shape index (κ1) is 23.6. The lowest BCUT2D eigenvalue weighted by Crippen LogP contribution is -2.48. The molecule has 0 radical (unpaired) electrons. The minimum atomic E-state index is -0.301. The van der Waals surface area contributed by atoms with Crippen LogP contribution in [0.1, 0.15) is 52.6 Å². The van der Waals surface area contributed by atoms with Crippen molar-refractivity contribution in [1.82, 2.24) is 9.47 Å². The molecule has 0 bridgehead atoms. The van der Waals surface area contributed by atoms with E-state index in [0.29, 0.717) is 5.56 Å². The van der Waals surface area contributed by atoms with E-state index in [1.807, 2.05) is 92.5 Å². The van der Waals surface area contributed by atoms with E-state index < -0.39 is 0 Å². The van der Waals surface area contributed by atoms with Gasteiger partial charge in [-0.1, -0.05) is 60.2 Å². The van der Waals surface area contributed by atoms with Crippen molar-refractivity contribution in [3.63, 3.8) is 0 Å². The van der Waals surface area contributed by atoms with Gasteiger partial charge in [0.2, 0.25) is 5.91 Å². The fraction of sp³-hybridized carbons (Fsp3) is 0.226. The molecule has 2 amide bonds. The summed E-state index contributed by atoms with van der Waals surface area (Å²) in [6, 6.07) is 27.5. The first-order valence-electron chi connectivity index (χ1n) is 12.4. The Kier molecular flexibility index (Phi) is 6.23. The van der Waals surface area contributed by atoms with Crippen molar-refractivity contribution in [3.8, 4) is 5.69 Å². The topological polar surface area (TPSA) is 45.6 Å². The van der Waals surface area contributed by atoms with Gasteiger partial charge in [0.1, 0.15) is 12.6 Å². The van der Waals surface area contributed by atoms with E-state index in [0.717, 1.165) is 33.8 Å². The number of carbonyl (C=O) groups is 2. The summed E-state index contributed by atoms with van der Waals surface area (Å²) in [6.07, 6.45) is 2.04. The molecule has 0 saturated heterocycles. The Labute approximate surface area is 212 Å². The van der Waals surface area contributed by atoms with Crippen molar-refractivity contribution in [2.75, 3.05) is 11.4 Å². The molecule has 1 aliphatic heterocycles. The predicted molar refractivity (Wildman–Crippen MR) is 144 cm³/mol. The van der Waals surface area contributed by atoms with Crippen LogP contribution >= 0.6 is 0 Å². The maximum Gasteiger partial charge on any atom is 0.254 e. The van der Waals surface area contributed by atoms with Gasteiger partial charge in [0.05, 0.1) is 17.1 Å². The molecule has 1 aromatic heterocycles. The number of aromatic nitrogens is 1. The number of nitrogens with zero attached hydrogens (tertiary/aromatic N) is 3. The molecule has 5 heteroatoms. The number of para-hydroxylation sites is 2. The number of carbonyl (C=O) groups excluding carboxylic acids is 2. The van der Waals surface area contributed by atoms with E-state index in [2.05, 4.69) is 35.8 Å². The SMILES string of the molecule is Cc1cccc(C2c3cccn3-c3ccccc3N2C(=O)CN(C(=O)c2ccccc2C)C(C)C)c1. The molecule has 0 saturated carbocycles. The van der Waals surface area contributed by atoms with Gasteiger partial charge in [0.25, 0.3) is 5.91 Å². The van der Waals surface area contributed by atoms with Crippen molar-refractivity contribution in [2.24, 2.45) is 0 Å². The average Bonchev–Trinajstić information content (AvgIpc) is 3.36. The van der Waals surface area contributed by atoms with Crippen LogP contribution in [0.25, 0.3) is 5.69 Å². The van der Waals surface area contributed by atoms with Gasteiger partial charge in [-0.05, 0) is 69.2 Å². The monoisotopic (exact) mass is 477 g/mol. The van der Waals surface area contributed by atoms with E-state index in [9.17, 15) is 9.59 Å². The van der Waals surface area contributed by atoms with Gasteiger partial charge in [0.15, 0.2) is 0 Å². The average molecular weight is 478 g/mol. The largest absolute Gasteiger partial charge is 0.327 e. The van der Waals surface area contributed by atoms with E-state index in [-0.39, 0.29) is 30.4 Å². The fourth-order valence-electron chi connectivity index (χ4n) is 5.10. The second kappa shape index (κ2) is 9.50. The maximum atomic E-state index is 14.2. The van der Waals surface area contributed by atoms with Crippen molar-refractivity contribution < 1.29 is 9.59 Å². The first-order chi connectivity index (χ1) is 17.4. The summed E-state index contributed by atoms with van der Waals surface area (Å²) < 4.78 is 2.16. The van der Waals surface area contributed by atoms with Gasteiger partial charge in [0, 0.05) is 17.8 Å². The summed E-state index contributed by atoms with van der Waals surface area (Å²) in [5, 5.41) is 0. The molecule has 1 aliphatic rings. The van der Waals surface area contributed by atoms with Crippen LogP contribution in [0.5, 0.6) is 0 Å². The summed E-state index contributed by atoms with van der Waals surface area (Å²) in [6.45, 7) is 7.89. The van der Waals surface area contributed by atoms with Crippen molar-refractivity contribution >= 4 is 17.5 Å². The van der Waals surface area contributed by atoms with Crippen LogP contribution in [-0.2, 0) is 4.79 Å². The summed E-state index contributed by atoms with van der Waals surface area (Å²) in [5.74, 6) is -0.241. The van der Waals surface area contributed by atoms with Crippen LogP contribution in [-0.4, -0.2) is 33.9 Å². The third-order valence-corrected chi connectivity index (χ3v) is 6.91. The maximum absolute atomic E-state index is 14.2. The van der Waals surface area contributed by atoms with Crippen LogP contribution in [0.2, 0.25) is 0 Å². The number of rotatable bonds is 5. The molecule has 3 aromatic carbocycles. The molecule has 0 N–H and O–H groups in total. The highest BCUT2D eigenvalue weighted by atomic mass is 16.2. The third kappa shape index (κ3) is 4.11. The molecule has 0 aliphatic carbocycles. The number of amides is 2. The van der Waals surface area contributed by atoms with Crippen LogP contribution in [0, 0.1) is 13.8 Å². The molecule has 1 atom stereocenters. The molecular weight excluding hydrogens is 446 g/mol. The summed E-state index contributed by atoms with van der Waals surface area (Å²) in [4.78, 5) is 31.3. The molecule has 4 aromatic rings. The lowest BCUT2D eigenvalue weighted by atomic mass is 9.96. The first-order valence-corrected chi connectivity index (χ1v) is 12.4. The molecule has 0 fully saturated rings. The number of fused-ring (bicyclic) bond motifs is 3. The Morgan fingerprint density at radius 1 is 0.861 bits per heavy atom. The Bertz CT molecular complexity index is 1440. The van der Waals surface area contributed by atoms with Crippen LogP contribution in [0.4, 0.5) is 5.69 Å². The molecule has 0 spiro atoms. The molecule has 5 rings (SSSR count). The number of aryl methyl sites for hydroxylation is 2. The van der Waals surface area contributed by atoms with Crippen molar-refractivity contribution in [1.29, 1.82) is 0 Å². The lowest BCUT2D eigenvalue weighted by Gasteiger charge is -2.40. The number of hydrogen-bond donors (Lipinski definition) is 0. The fourth-order valence-corrected chi connectivity index (χ4v) is 5.10. The molecule has 1 unspecified atom stereocenters. The lowest BCUT2D eigenvalue weighted by molar-refractivity contribution is -0.120. The molecule has 36 heavy (non-hydrogen) atoms. The normalized spacial score (nSPS) is 14.4. The predicted octanol–water partition coefficient (Wildman–Crippen LogP) is 6.08. The zero-order valence-electron chi connectivity index (χ0n) is 21.2. The third-order valence-electron chi connectivity index (χ3n) is 6.91. The molecular formula is C31H31N3O2. The summed E-state index contributed by atoms with van der Waals surface area (Å²) >= 11 is 0. The zero-order valence-corrected chi connectivity index (χ0v) is 21.2. The van der Waals surface area contributed by atoms with Crippen LogP contribution < -0.4 is 4.90 Å². The summed E-state index contributed by atoms with van der Waals surface area (Å²) in [5.41, 5.74) is 6.52. The quantitative estimate of drug-likeness (QED) is 0.350. The standard InChI is InChI=1S/C31H31N3O2/c1-21(2)33(31(36)25-14-6-5-12-23(25)4)20-29(35)34-27-16-8-7-15-26(27)32-18-10-17-28(32)30(34)24-13-9-11-22(3)19-24/h5-19,21,30H,20H2,1-4H3. The van der Waals surface area contributed by atoms with E-state index in [4.69, 9.17) is 0 Å². The van der Waals surface area contributed by atoms with Gasteiger partial charge in [-0.15, -0.1) is 0 Å². The minimum Gasteiger partial charge on any atom is -0.327 e. The van der Waals surface area contributed by atoms with Gasteiger partial charge >= 0.3 is 0 Å². The van der Waals surface area contributed by atoms with Gasteiger partial charge in [-0.3, -0.25) is 14.5 Å². The highest BCUT2D eigenvalue weighted by Crippen LogP contribution is 2.42. The molecule has 2 heterocycles. The molecule has 5 nitrogen and oxygen atoms in total. The number of benzene rings is 3. The number of anilines is 1. The second-order valence-corrected chi connectivity index (χ2v) is 9.71. The number of hydrogen-bond acceptors (Lipinski definition) is 2. The smallest absolute Gasteiger partial charge is 0.254 e. The zero-order chi connectivity index (χ0) is 25.4. The Morgan fingerprint density at radius 2 is 1.58 bits per heavy atom. The highest BCUT2D eigenvalue weighted by molar-refractivity contribution is 6.03. The van der Waals surface area contributed by atoms with E-state index >= 15 is 0 Å². The van der Waals surface area contributed by atoms with Crippen LogP contribution in [0.3, 0.4) is 0 Å². The van der Waals surface area contributed by atoms with Crippen molar-refractivity contribution in [3.05, 3.63) is 119 Å². The van der Waals surface area contributed by atoms with Gasteiger partial charge < -0.3 is 9.47 Å². The van der Waals surface area contributed by atoms with Gasteiger partial charge in [-0.25, -0.2) is 0 Å². The Balaban J connectivity index is 1.59. The summed E-state index contributed by atoms with van der Waals surface area (Å²) in [7, 11) is 0. The van der Waals surface area contributed by atoms with Gasteiger partial charge in [-0.2, -0.15) is 0 Å². The Hall–Kier alpha value is -4.12. The highest BCUT2D eigenvalue weighted by Gasteiger charge is 2.37. The van der Waals surface area contributed by atoms with Crippen molar-refractivity contribution in [2.45, 2.75) is 39.8 Å². The van der Waals surface area contributed by atoms with E-state index in [1.54, 1.807) is 4.90 Å². The second-order valence-electron chi connectivity index (χ2n) is 9.71. The minimum absolute atomic E-state index is 0.0117. The van der Waals surface area contributed by atoms with E-state index in [1.165, 1.54) is 0 Å². The molecule has 182 valence electrons. The van der Waals surface area contributed by atoms with Crippen LogP contribution in [0.15, 0.2) is 91.1 Å². The Morgan fingerprint density at radius 3 is 2.31 bits per heavy atom.